The van der Waals surface area contributed by atoms with Gasteiger partial charge in [0, 0.05) is 19.2 Å². The first-order chi connectivity index (χ1) is 7.98. The third-order valence-corrected chi connectivity index (χ3v) is 2.41. The first-order valence-corrected chi connectivity index (χ1v) is 5.59. The highest BCUT2D eigenvalue weighted by Gasteiger charge is 2.20. The van der Waals surface area contributed by atoms with Crippen LogP contribution in [-0.2, 0) is 11.3 Å². The van der Waals surface area contributed by atoms with Crippen LogP contribution >= 0.6 is 12.4 Å². The van der Waals surface area contributed by atoms with Crippen LogP contribution in [0.2, 0.25) is 0 Å². The molecule has 3 N–H and O–H groups in total. The summed E-state index contributed by atoms with van der Waals surface area (Å²) in [6.07, 6.45) is 0. The summed E-state index contributed by atoms with van der Waals surface area (Å²) in [5.41, 5.74) is 6.77. The molecule has 5 heteroatoms. The first-order valence-electron chi connectivity index (χ1n) is 5.59. The van der Waals surface area contributed by atoms with E-state index < -0.39 is 0 Å². The Balaban J connectivity index is 0.00000289. The van der Waals surface area contributed by atoms with Gasteiger partial charge in [0.2, 0.25) is 0 Å². The predicted molar refractivity (Wildman–Crippen MR) is 75.0 cm³/mol. The maximum Gasteiger partial charge on any atom is 0.251 e. The second-order valence-electron chi connectivity index (χ2n) is 4.67. The maximum absolute atomic E-state index is 11.9. The van der Waals surface area contributed by atoms with E-state index in [4.69, 9.17) is 10.5 Å². The molecule has 0 aromatic heterocycles. The molecule has 0 unspecified atom stereocenters. The van der Waals surface area contributed by atoms with Crippen LogP contribution in [-0.4, -0.2) is 25.2 Å². The molecule has 0 bridgehead atoms. The van der Waals surface area contributed by atoms with E-state index in [9.17, 15) is 4.79 Å². The van der Waals surface area contributed by atoms with Gasteiger partial charge in [0.05, 0.1) is 12.1 Å². The van der Waals surface area contributed by atoms with Crippen LogP contribution in [0.15, 0.2) is 24.3 Å². The minimum Gasteiger partial charge on any atom is -0.382 e. The van der Waals surface area contributed by atoms with Crippen molar-refractivity contribution in [1.29, 1.82) is 0 Å². The zero-order valence-corrected chi connectivity index (χ0v) is 11.8. The van der Waals surface area contributed by atoms with Gasteiger partial charge in [-0.3, -0.25) is 4.79 Å². The van der Waals surface area contributed by atoms with Gasteiger partial charge in [0.15, 0.2) is 0 Å². The molecule has 0 aliphatic rings. The van der Waals surface area contributed by atoms with Crippen molar-refractivity contribution in [3.8, 4) is 0 Å². The summed E-state index contributed by atoms with van der Waals surface area (Å²) in [5, 5.41) is 2.92. The van der Waals surface area contributed by atoms with Crippen molar-refractivity contribution < 1.29 is 9.53 Å². The number of amides is 1. The van der Waals surface area contributed by atoms with E-state index in [1.54, 1.807) is 19.2 Å². The lowest BCUT2D eigenvalue weighted by atomic mass is 10.1. The third kappa shape index (κ3) is 5.04. The van der Waals surface area contributed by atoms with Gasteiger partial charge in [0.1, 0.15) is 0 Å². The Morgan fingerprint density at radius 3 is 2.33 bits per heavy atom. The lowest BCUT2D eigenvalue weighted by Gasteiger charge is -2.25. The Bertz CT molecular complexity index is 377. The van der Waals surface area contributed by atoms with Crippen molar-refractivity contribution in [2.75, 3.05) is 13.7 Å². The van der Waals surface area contributed by atoms with Crippen molar-refractivity contribution in [1.82, 2.24) is 5.32 Å². The van der Waals surface area contributed by atoms with E-state index in [1.165, 1.54) is 0 Å². The van der Waals surface area contributed by atoms with E-state index in [-0.39, 0.29) is 23.9 Å². The number of halogens is 1. The van der Waals surface area contributed by atoms with Crippen molar-refractivity contribution >= 4 is 18.3 Å². The van der Waals surface area contributed by atoms with Crippen LogP contribution < -0.4 is 11.1 Å². The highest BCUT2D eigenvalue weighted by Crippen LogP contribution is 2.07. The molecule has 1 amide bonds. The molecule has 0 spiro atoms. The molecular weight excluding hydrogens is 252 g/mol. The highest BCUT2D eigenvalue weighted by molar-refractivity contribution is 5.94. The zero-order valence-electron chi connectivity index (χ0n) is 11.0. The summed E-state index contributed by atoms with van der Waals surface area (Å²) in [7, 11) is 1.62. The van der Waals surface area contributed by atoms with Crippen molar-refractivity contribution in [2.45, 2.75) is 25.9 Å². The Hall–Kier alpha value is -1.10. The maximum atomic E-state index is 11.9. The smallest absolute Gasteiger partial charge is 0.251 e. The van der Waals surface area contributed by atoms with Crippen LogP contribution in [0.1, 0.15) is 29.8 Å². The molecule has 0 saturated heterocycles. The fourth-order valence-corrected chi connectivity index (χ4v) is 1.57. The lowest BCUT2D eigenvalue weighted by Crippen LogP contribution is -2.46. The Morgan fingerprint density at radius 1 is 1.33 bits per heavy atom. The van der Waals surface area contributed by atoms with Crippen molar-refractivity contribution in [2.24, 2.45) is 5.73 Å². The number of methoxy groups -OCH3 is 1. The molecule has 0 atom stereocenters. The average Bonchev–Trinajstić information content (AvgIpc) is 2.28. The van der Waals surface area contributed by atoms with E-state index in [2.05, 4.69) is 5.32 Å². The molecule has 0 heterocycles. The van der Waals surface area contributed by atoms with Crippen LogP contribution in [0.5, 0.6) is 0 Å². The number of hydrogen-bond acceptors (Lipinski definition) is 3. The standard InChI is InChI=1S/C13H20N2O2.ClH/c1-13(2,9-17-3)15-12(16)11-6-4-10(8-14)5-7-11;/h4-7H,8-9,14H2,1-3H3,(H,15,16);1H. The van der Waals surface area contributed by atoms with Crippen LogP contribution in [0, 0.1) is 0 Å². The summed E-state index contributed by atoms with van der Waals surface area (Å²) < 4.78 is 5.05. The second-order valence-corrected chi connectivity index (χ2v) is 4.67. The van der Waals surface area contributed by atoms with Gasteiger partial charge < -0.3 is 15.8 Å². The SMILES string of the molecule is COCC(C)(C)NC(=O)c1ccc(CN)cc1.Cl. The number of nitrogens with two attached hydrogens (primary N) is 1. The molecule has 18 heavy (non-hydrogen) atoms. The van der Waals surface area contributed by atoms with Gasteiger partial charge >= 0.3 is 0 Å². The number of nitrogens with one attached hydrogen (secondary N) is 1. The summed E-state index contributed by atoms with van der Waals surface area (Å²) >= 11 is 0. The van der Waals surface area contributed by atoms with E-state index in [0.29, 0.717) is 18.7 Å². The van der Waals surface area contributed by atoms with Gasteiger partial charge in [-0.25, -0.2) is 0 Å². The number of carbonyl (C=O) groups excluding carboxylic acids is 1. The van der Waals surface area contributed by atoms with Gasteiger partial charge in [-0.15, -0.1) is 12.4 Å². The third-order valence-electron chi connectivity index (χ3n) is 2.41. The largest absolute Gasteiger partial charge is 0.382 e. The van der Waals surface area contributed by atoms with E-state index in [1.807, 2.05) is 26.0 Å². The fourth-order valence-electron chi connectivity index (χ4n) is 1.57. The monoisotopic (exact) mass is 272 g/mol. The number of carbonyl (C=O) groups is 1. The molecule has 102 valence electrons. The molecule has 0 saturated carbocycles. The highest BCUT2D eigenvalue weighted by atomic mass is 35.5. The summed E-state index contributed by atoms with van der Waals surface area (Å²) in [5.74, 6) is -0.101. The topological polar surface area (TPSA) is 64.3 Å². The van der Waals surface area contributed by atoms with Crippen molar-refractivity contribution in [3.05, 3.63) is 35.4 Å². The summed E-state index contributed by atoms with van der Waals surface area (Å²) in [6, 6.07) is 7.28. The van der Waals surface area contributed by atoms with Crippen LogP contribution in [0.4, 0.5) is 0 Å². The number of hydrogen-bond donors (Lipinski definition) is 2. The van der Waals surface area contributed by atoms with Crippen molar-refractivity contribution in [3.63, 3.8) is 0 Å². The Kier molecular flexibility index (Phi) is 6.91. The molecule has 4 nitrogen and oxygen atoms in total. The molecule has 1 aromatic carbocycles. The zero-order chi connectivity index (χ0) is 12.9. The normalized spacial score (nSPS) is 10.7. The van der Waals surface area contributed by atoms with Crippen LogP contribution in [0.3, 0.4) is 0 Å². The van der Waals surface area contributed by atoms with E-state index >= 15 is 0 Å². The number of benzene rings is 1. The second kappa shape index (κ2) is 7.36. The molecule has 1 aromatic rings. The summed E-state index contributed by atoms with van der Waals surface area (Å²) in [4.78, 5) is 11.9. The number of rotatable bonds is 5. The van der Waals surface area contributed by atoms with E-state index in [0.717, 1.165) is 5.56 Å². The first kappa shape index (κ1) is 16.9. The lowest BCUT2D eigenvalue weighted by molar-refractivity contribution is 0.0820. The minimum atomic E-state index is -0.377. The van der Waals surface area contributed by atoms with Gasteiger partial charge in [-0.2, -0.15) is 0 Å². The van der Waals surface area contributed by atoms with Gasteiger partial charge in [-0.1, -0.05) is 12.1 Å². The van der Waals surface area contributed by atoms with Crippen LogP contribution in [0.25, 0.3) is 0 Å². The molecular formula is C13H21ClN2O2. The average molecular weight is 273 g/mol. The summed E-state index contributed by atoms with van der Waals surface area (Å²) in [6.45, 7) is 4.79. The Labute approximate surface area is 114 Å². The number of ether oxygens (including phenoxy) is 1. The molecule has 0 fully saturated rings. The quantitative estimate of drug-likeness (QED) is 0.858. The molecule has 1 rings (SSSR count). The Morgan fingerprint density at radius 2 is 1.89 bits per heavy atom. The fraction of sp³-hybridized carbons (Fsp3) is 0.462. The minimum absolute atomic E-state index is 0. The van der Waals surface area contributed by atoms with Gasteiger partial charge in [0.25, 0.3) is 5.91 Å². The van der Waals surface area contributed by atoms with Gasteiger partial charge in [-0.05, 0) is 31.5 Å². The molecule has 0 radical (unpaired) electrons. The predicted octanol–water partition coefficient (Wildman–Crippen LogP) is 1.72. The molecule has 0 aliphatic heterocycles. The molecule has 0 aliphatic carbocycles.